The van der Waals surface area contributed by atoms with E-state index in [9.17, 15) is 9.30 Å². The molecule has 0 radical (unpaired) electrons. The number of rotatable bonds is 3. The molecule has 1 aromatic rings. The van der Waals surface area contributed by atoms with Gasteiger partial charge in [0.15, 0.2) is 0 Å². The van der Waals surface area contributed by atoms with Crippen molar-refractivity contribution in [3.63, 3.8) is 0 Å². The largest absolute Gasteiger partial charge is 0.205 e. The monoisotopic (exact) mass is 255 g/mol. The molecule has 0 bridgehead atoms. The number of benzene rings is 1. The van der Waals surface area contributed by atoms with Gasteiger partial charge in [0.05, 0.1) is 4.47 Å². The summed E-state index contributed by atoms with van der Waals surface area (Å²) in [7, 11) is 0. The fourth-order valence-electron chi connectivity index (χ4n) is 0.983. The lowest BCUT2D eigenvalue weighted by molar-refractivity contribution is 0.617. The summed E-state index contributed by atoms with van der Waals surface area (Å²) >= 11 is 3.02. The summed E-state index contributed by atoms with van der Waals surface area (Å²) in [5.74, 6) is -0.500. The molecule has 0 aliphatic heterocycles. The highest BCUT2D eigenvalue weighted by Crippen LogP contribution is 2.25. The van der Waals surface area contributed by atoms with Gasteiger partial charge in [-0.3, -0.25) is 0 Å². The van der Waals surface area contributed by atoms with Gasteiger partial charge >= 0.3 is 0 Å². The summed E-state index contributed by atoms with van der Waals surface area (Å²) < 4.78 is 13.7. The zero-order valence-corrected chi connectivity index (χ0v) is 8.79. The van der Waals surface area contributed by atoms with Gasteiger partial charge in [0.2, 0.25) is 0 Å². The first-order chi connectivity index (χ1) is 6.70. The van der Waals surface area contributed by atoms with E-state index in [2.05, 4.69) is 27.7 Å². The summed E-state index contributed by atoms with van der Waals surface area (Å²) in [6, 6.07) is 4.66. The van der Waals surface area contributed by atoms with Crippen LogP contribution in [0, 0.1) is 10.7 Å². The lowest BCUT2D eigenvalue weighted by atomic mass is 10.1. The Balaban J connectivity index is 3.30. The van der Waals surface area contributed by atoms with E-state index in [-0.39, 0.29) is 11.3 Å². The minimum Gasteiger partial charge on any atom is -0.205 e. The molecule has 4 heteroatoms. The highest BCUT2D eigenvalue weighted by atomic mass is 79.9. The van der Waals surface area contributed by atoms with Crippen molar-refractivity contribution >= 4 is 21.6 Å². The van der Waals surface area contributed by atoms with E-state index in [1.165, 1.54) is 18.2 Å². The Morgan fingerprint density at radius 3 is 2.86 bits per heavy atom. The molecule has 14 heavy (non-hydrogen) atoms. The van der Waals surface area contributed by atoms with Gasteiger partial charge in [0.1, 0.15) is 11.5 Å². The molecule has 0 spiro atoms. The third-order valence-corrected chi connectivity index (χ3v) is 2.21. The van der Waals surface area contributed by atoms with E-state index in [0.29, 0.717) is 4.47 Å². The second kappa shape index (κ2) is 4.81. The van der Waals surface area contributed by atoms with Crippen LogP contribution in [0.4, 0.5) is 4.39 Å². The summed E-state index contributed by atoms with van der Waals surface area (Å²) in [6.07, 6.45) is 2.74. The zero-order chi connectivity index (χ0) is 10.6. The molecule has 0 saturated carbocycles. The average Bonchev–Trinajstić information content (AvgIpc) is 2.19. The van der Waals surface area contributed by atoms with E-state index < -0.39 is 5.82 Å². The molecule has 72 valence electrons. The molecule has 0 unspecified atom stereocenters. The number of halogens is 2. The van der Waals surface area contributed by atoms with Crippen LogP contribution < -0.4 is 0 Å². The summed E-state index contributed by atoms with van der Waals surface area (Å²) in [5, 5.41) is 2.73. The van der Waals surface area contributed by atoms with Crippen molar-refractivity contribution in [2.24, 2.45) is 5.18 Å². The van der Waals surface area contributed by atoms with Crippen molar-refractivity contribution in [1.29, 1.82) is 0 Å². The third-order valence-electron chi connectivity index (χ3n) is 1.60. The predicted octanol–water partition coefficient (Wildman–Crippen LogP) is 3.88. The van der Waals surface area contributed by atoms with Gasteiger partial charge in [-0.1, -0.05) is 18.7 Å². The minimum absolute atomic E-state index is 0.0267. The van der Waals surface area contributed by atoms with Gasteiger partial charge in [-0.25, -0.2) is 4.39 Å². The van der Waals surface area contributed by atoms with E-state index in [0.717, 1.165) is 0 Å². The maximum atomic E-state index is 13.4. The maximum Gasteiger partial charge on any atom is 0.146 e. The smallest absolute Gasteiger partial charge is 0.146 e. The highest BCUT2D eigenvalue weighted by molar-refractivity contribution is 9.10. The maximum absolute atomic E-state index is 13.4. The fourth-order valence-corrected chi connectivity index (χ4v) is 1.35. The van der Waals surface area contributed by atoms with Gasteiger partial charge in [-0.05, 0) is 39.3 Å². The molecule has 1 aromatic carbocycles. The molecule has 0 aliphatic carbocycles. The molecule has 1 rings (SSSR count). The van der Waals surface area contributed by atoms with E-state index in [1.54, 1.807) is 12.1 Å². The minimum atomic E-state index is -0.500. The van der Waals surface area contributed by atoms with Crippen molar-refractivity contribution < 1.29 is 4.39 Å². The third kappa shape index (κ3) is 2.14. The van der Waals surface area contributed by atoms with Crippen LogP contribution in [0.1, 0.15) is 5.56 Å². The van der Waals surface area contributed by atoms with Gasteiger partial charge in [-0.2, -0.15) is 0 Å². The first kappa shape index (κ1) is 10.8. The average molecular weight is 256 g/mol. The molecular weight excluding hydrogens is 249 g/mol. The first-order valence-electron chi connectivity index (χ1n) is 3.81. The van der Waals surface area contributed by atoms with Crippen molar-refractivity contribution in [3.8, 4) is 0 Å². The van der Waals surface area contributed by atoms with Crippen LogP contribution in [-0.4, -0.2) is 0 Å². The normalized spacial score (nSPS) is 11.1. The molecule has 0 saturated heterocycles. The second-order valence-corrected chi connectivity index (χ2v) is 3.33. The second-order valence-electron chi connectivity index (χ2n) is 2.48. The molecule has 0 heterocycles. The van der Waals surface area contributed by atoms with Gasteiger partial charge in [0.25, 0.3) is 0 Å². The van der Waals surface area contributed by atoms with Crippen molar-refractivity contribution in [3.05, 3.63) is 57.7 Å². The van der Waals surface area contributed by atoms with Crippen LogP contribution in [0.3, 0.4) is 0 Å². The van der Waals surface area contributed by atoms with Crippen LogP contribution >= 0.6 is 15.9 Å². The topological polar surface area (TPSA) is 29.4 Å². The van der Waals surface area contributed by atoms with E-state index >= 15 is 0 Å². The van der Waals surface area contributed by atoms with Gasteiger partial charge in [-0.15, -0.1) is 4.91 Å². The highest BCUT2D eigenvalue weighted by Gasteiger charge is 2.10. The molecule has 0 fully saturated rings. The van der Waals surface area contributed by atoms with Crippen molar-refractivity contribution in [1.82, 2.24) is 0 Å². The Bertz CT molecular complexity index is 401. The quantitative estimate of drug-likeness (QED) is 0.596. The van der Waals surface area contributed by atoms with Crippen LogP contribution in [0.2, 0.25) is 0 Å². The molecule has 0 amide bonds. The van der Waals surface area contributed by atoms with E-state index in [1.807, 2.05) is 0 Å². The number of allylic oxidation sites excluding steroid dienone is 2. The standard InChI is InChI=1S/C10H7BrFNO/c1-2-4-9(13-14)7-5-3-6-8(11)10(7)12/h2-6H,1H2/b9-4+. The SMILES string of the molecule is C=C/C=C(/N=O)c1cccc(Br)c1F. The molecule has 2 nitrogen and oxygen atoms in total. The van der Waals surface area contributed by atoms with Crippen LogP contribution in [0.25, 0.3) is 5.70 Å². The number of nitrogens with zero attached hydrogens (tertiary/aromatic N) is 1. The zero-order valence-electron chi connectivity index (χ0n) is 7.21. The Hall–Kier alpha value is -1.29. The summed E-state index contributed by atoms with van der Waals surface area (Å²) in [5.41, 5.74) is 0.188. The Morgan fingerprint density at radius 1 is 1.57 bits per heavy atom. The Labute approximate surface area is 89.2 Å². The number of nitroso groups, excluding NO2 is 1. The van der Waals surface area contributed by atoms with Gasteiger partial charge in [0, 0.05) is 5.56 Å². The molecule has 0 atom stereocenters. The first-order valence-corrected chi connectivity index (χ1v) is 4.60. The molecular formula is C10H7BrFNO. The van der Waals surface area contributed by atoms with Crippen molar-refractivity contribution in [2.75, 3.05) is 0 Å². The summed E-state index contributed by atoms with van der Waals surface area (Å²) in [4.78, 5) is 10.4. The van der Waals surface area contributed by atoms with Crippen molar-refractivity contribution in [2.45, 2.75) is 0 Å². The Morgan fingerprint density at radius 2 is 2.29 bits per heavy atom. The van der Waals surface area contributed by atoms with Crippen LogP contribution in [0.15, 0.2) is 46.6 Å². The van der Waals surface area contributed by atoms with Gasteiger partial charge < -0.3 is 0 Å². The predicted molar refractivity (Wildman–Crippen MR) is 58.1 cm³/mol. The lowest BCUT2D eigenvalue weighted by Crippen LogP contribution is -1.88. The molecule has 0 N–H and O–H groups in total. The molecule has 0 aliphatic rings. The van der Waals surface area contributed by atoms with Crippen LogP contribution in [-0.2, 0) is 0 Å². The molecule has 0 aromatic heterocycles. The number of hydrogen-bond acceptors (Lipinski definition) is 2. The van der Waals surface area contributed by atoms with Crippen LogP contribution in [0.5, 0.6) is 0 Å². The van der Waals surface area contributed by atoms with E-state index in [4.69, 9.17) is 0 Å². The number of hydrogen-bond donors (Lipinski definition) is 0. The summed E-state index contributed by atoms with van der Waals surface area (Å²) in [6.45, 7) is 3.42. The fraction of sp³-hybridized carbons (Fsp3) is 0. The lowest BCUT2D eigenvalue weighted by Gasteiger charge is -2.01. The Kier molecular flexibility index (Phi) is 3.71.